The van der Waals surface area contributed by atoms with E-state index in [1.54, 1.807) is 18.9 Å². The van der Waals surface area contributed by atoms with Crippen molar-refractivity contribution in [3.63, 3.8) is 0 Å². The summed E-state index contributed by atoms with van der Waals surface area (Å²) in [6.45, 7) is 6.14. The highest BCUT2D eigenvalue weighted by Crippen LogP contribution is 2.34. The minimum atomic E-state index is -0.423. The number of amides is 2. The molecule has 1 aliphatic rings. The standard InChI is InChI=1S/C18H27N3O4S/c1-5-13-11(3)16(18(24)25-6-2)17(26-13)20-15(23)10-21(4)9-14(22)19-12-7-8-12/h12H,5-10H2,1-4H3,(H,19,22)(H,20,23). The summed E-state index contributed by atoms with van der Waals surface area (Å²) in [6, 6.07) is 0.304. The summed E-state index contributed by atoms with van der Waals surface area (Å²) in [5.41, 5.74) is 1.28. The average Bonchev–Trinajstić information content (AvgIpc) is 3.29. The lowest BCUT2D eigenvalue weighted by Crippen LogP contribution is -2.39. The van der Waals surface area contributed by atoms with Gasteiger partial charge in [0.25, 0.3) is 0 Å². The van der Waals surface area contributed by atoms with Crippen molar-refractivity contribution < 1.29 is 19.1 Å². The van der Waals surface area contributed by atoms with E-state index in [0.717, 1.165) is 29.7 Å². The first-order chi connectivity index (χ1) is 12.3. The molecule has 1 heterocycles. The van der Waals surface area contributed by atoms with Gasteiger partial charge in [0, 0.05) is 10.9 Å². The number of esters is 1. The maximum absolute atomic E-state index is 12.4. The molecule has 1 saturated carbocycles. The van der Waals surface area contributed by atoms with Crippen LogP contribution in [0.5, 0.6) is 0 Å². The molecule has 8 heteroatoms. The van der Waals surface area contributed by atoms with Crippen LogP contribution in [0.15, 0.2) is 0 Å². The van der Waals surface area contributed by atoms with Gasteiger partial charge in [0.15, 0.2) is 0 Å². The lowest BCUT2D eigenvalue weighted by molar-refractivity contribution is -0.123. The van der Waals surface area contributed by atoms with Crippen molar-refractivity contribution >= 4 is 34.1 Å². The SMILES string of the molecule is CCOC(=O)c1c(NC(=O)CN(C)CC(=O)NC2CC2)sc(CC)c1C. The van der Waals surface area contributed by atoms with Crippen LogP contribution in [0.3, 0.4) is 0 Å². The summed E-state index contributed by atoms with van der Waals surface area (Å²) in [6.07, 6.45) is 2.84. The quantitative estimate of drug-likeness (QED) is 0.639. The van der Waals surface area contributed by atoms with Gasteiger partial charge in [-0.05, 0) is 45.7 Å². The molecule has 0 unspecified atom stereocenters. The van der Waals surface area contributed by atoms with Gasteiger partial charge in [-0.25, -0.2) is 4.79 Å². The smallest absolute Gasteiger partial charge is 0.341 e. The van der Waals surface area contributed by atoms with Gasteiger partial charge in [0.05, 0.1) is 25.3 Å². The molecule has 144 valence electrons. The summed E-state index contributed by atoms with van der Waals surface area (Å²) in [7, 11) is 1.72. The number of aryl methyl sites for hydroxylation is 1. The number of rotatable bonds is 9. The number of ether oxygens (including phenoxy) is 1. The van der Waals surface area contributed by atoms with Gasteiger partial charge < -0.3 is 15.4 Å². The molecule has 1 aliphatic carbocycles. The number of hydrogen-bond donors (Lipinski definition) is 2. The maximum Gasteiger partial charge on any atom is 0.341 e. The molecule has 1 aromatic rings. The Balaban J connectivity index is 1.98. The number of nitrogens with one attached hydrogen (secondary N) is 2. The fourth-order valence-electron chi connectivity index (χ4n) is 2.65. The first-order valence-corrected chi connectivity index (χ1v) is 9.74. The third-order valence-electron chi connectivity index (χ3n) is 4.07. The number of nitrogens with zero attached hydrogens (tertiary/aromatic N) is 1. The fourth-order valence-corrected chi connectivity index (χ4v) is 3.80. The molecule has 1 fully saturated rings. The third-order valence-corrected chi connectivity index (χ3v) is 5.42. The molecular formula is C18H27N3O4S. The zero-order chi connectivity index (χ0) is 19.3. The van der Waals surface area contributed by atoms with Crippen LogP contribution in [0.1, 0.15) is 47.5 Å². The highest BCUT2D eigenvalue weighted by atomic mass is 32.1. The second kappa shape index (κ2) is 9.14. The van der Waals surface area contributed by atoms with Crippen LogP contribution in [-0.2, 0) is 20.7 Å². The van der Waals surface area contributed by atoms with E-state index in [4.69, 9.17) is 4.74 Å². The molecule has 7 nitrogen and oxygen atoms in total. The van der Waals surface area contributed by atoms with Crippen LogP contribution in [0.4, 0.5) is 5.00 Å². The summed E-state index contributed by atoms with van der Waals surface area (Å²) in [4.78, 5) is 39.1. The topological polar surface area (TPSA) is 87.7 Å². The van der Waals surface area contributed by atoms with Crippen molar-refractivity contribution in [2.24, 2.45) is 0 Å². The lowest BCUT2D eigenvalue weighted by Gasteiger charge is -2.16. The normalized spacial score (nSPS) is 13.6. The van der Waals surface area contributed by atoms with Crippen LogP contribution in [0.25, 0.3) is 0 Å². The predicted octanol–water partition coefficient (Wildman–Crippen LogP) is 1.94. The Labute approximate surface area is 158 Å². The molecule has 2 rings (SSSR count). The second-order valence-electron chi connectivity index (χ2n) is 6.49. The largest absolute Gasteiger partial charge is 0.462 e. The molecule has 0 radical (unpaired) electrons. The molecule has 2 amide bonds. The highest BCUT2D eigenvalue weighted by Gasteiger charge is 2.25. The second-order valence-corrected chi connectivity index (χ2v) is 7.60. The summed E-state index contributed by atoms with van der Waals surface area (Å²) in [5.74, 6) is -0.759. The molecular weight excluding hydrogens is 354 g/mol. The Kier molecular flexibility index (Phi) is 7.16. The number of hydrogen-bond acceptors (Lipinski definition) is 6. The van der Waals surface area contributed by atoms with Crippen molar-refractivity contribution in [2.45, 2.75) is 46.1 Å². The number of anilines is 1. The zero-order valence-corrected chi connectivity index (χ0v) is 16.6. The van der Waals surface area contributed by atoms with Gasteiger partial charge in [-0.15, -0.1) is 11.3 Å². The summed E-state index contributed by atoms with van der Waals surface area (Å²) in [5, 5.41) is 6.21. The number of thiophene rings is 1. The van der Waals surface area contributed by atoms with Crippen LogP contribution < -0.4 is 10.6 Å². The van der Waals surface area contributed by atoms with Crippen molar-refractivity contribution in [2.75, 3.05) is 32.1 Å². The molecule has 2 N–H and O–H groups in total. The van der Waals surface area contributed by atoms with Crippen molar-refractivity contribution in [1.29, 1.82) is 0 Å². The Morgan fingerprint density at radius 2 is 1.85 bits per heavy atom. The summed E-state index contributed by atoms with van der Waals surface area (Å²) < 4.78 is 5.12. The molecule has 0 bridgehead atoms. The van der Waals surface area contributed by atoms with E-state index in [0.29, 0.717) is 16.6 Å². The highest BCUT2D eigenvalue weighted by molar-refractivity contribution is 7.17. The molecule has 0 spiro atoms. The minimum absolute atomic E-state index is 0.0682. The van der Waals surface area contributed by atoms with E-state index in [1.807, 2.05) is 13.8 Å². The van der Waals surface area contributed by atoms with Crippen molar-refractivity contribution in [3.8, 4) is 0 Å². The Bertz CT molecular complexity index is 682. The summed E-state index contributed by atoms with van der Waals surface area (Å²) >= 11 is 1.40. The van der Waals surface area contributed by atoms with Crippen LogP contribution in [0, 0.1) is 6.92 Å². The van der Waals surface area contributed by atoms with Gasteiger partial charge >= 0.3 is 5.97 Å². The molecule has 0 aliphatic heterocycles. The van der Waals surface area contributed by atoms with Crippen LogP contribution in [-0.4, -0.2) is 55.5 Å². The van der Waals surface area contributed by atoms with E-state index in [1.165, 1.54) is 11.3 Å². The Morgan fingerprint density at radius 1 is 1.19 bits per heavy atom. The van der Waals surface area contributed by atoms with E-state index < -0.39 is 5.97 Å². The average molecular weight is 381 g/mol. The minimum Gasteiger partial charge on any atom is -0.462 e. The molecule has 26 heavy (non-hydrogen) atoms. The fraction of sp³-hybridized carbons (Fsp3) is 0.611. The van der Waals surface area contributed by atoms with Gasteiger partial charge in [-0.1, -0.05) is 6.92 Å². The van der Waals surface area contributed by atoms with E-state index in [2.05, 4.69) is 10.6 Å². The van der Waals surface area contributed by atoms with Crippen molar-refractivity contribution in [1.82, 2.24) is 10.2 Å². The number of carbonyl (C=O) groups excluding carboxylic acids is 3. The number of likely N-dealkylation sites (N-methyl/N-ethyl adjacent to an activating group) is 1. The maximum atomic E-state index is 12.4. The van der Waals surface area contributed by atoms with Gasteiger partial charge in [-0.3, -0.25) is 14.5 Å². The van der Waals surface area contributed by atoms with E-state index >= 15 is 0 Å². The first-order valence-electron chi connectivity index (χ1n) is 8.92. The van der Waals surface area contributed by atoms with Gasteiger partial charge in [-0.2, -0.15) is 0 Å². The van der Waals surface area contributed by atoms with Gasteiger partial charge in [0.2, 0.25) is 11.8 Å². The lowest BCUT2D eigenvalue weighted by atomic mass is 10.1. The molecule has 0 saturated heterocycles. The first kappa shape index (κ1) is 20.4. The monoisotopic (exact) mass is 381 g/mol. The van der Waals surface area contributed by atoms with E-state index in [9.17, 15) is 14.4 Å². The zero-order valence-electron chi connectivity index (χ0n) is 15.8. The third kappa shape index (κ3) is 5.54. The Morgan fingerprint density at radius 3 is 2.42 bits per heavy atom. The number of carbonyl (C=O) groups is 3. The Hall–Kier alpha value is -1.93. The van der Waals surface area contributed by atoms with E-state index in [-0.39, 0.29) is 31.5 Å². The molecule has 0 aromatic carbocycles. The molecule has 1 aromatic heterocycles. The van der Waals surface area contributed by atoms with Crippen LogP contribution >= 0.6 is 11.3 Å². The molecule has 0 atom stereocenters. The van der Waals surface area contributed by atoms with Gasteiger partial charge in [0.1, 0.15) is 5.00 Å². The van der Waals surface area contributed by atoms with Crippen LogP contribution in [0.2, 0.25) is 0 Å². The van der Waals surface area contributed by atoms with Crippen molar-refractivity contribution in [3.05, 3.63) is 16.0 Å². The predicted molar refractivity (Wildman–Crippen MR) is 102 cm³/mol.